The zero-order valence-electron chi connectivity index (χ0n) is 16.3. The molecule has 0 aromatic rings. The van der Waals surface area contributed by atoms with Crippen LogP contribution >= 0.6 is 0 Å². The van der Waals surface area contributed by atoms with Crippen LogP contribution in [0.25, 0.3) is 0 Å². The third kappa shape index (κ3) is 9.51. The predicted octanol–water partition coefficient (Wildman–Crippen LogP) is 3.68. The number of allylic oxidation sites excluding steroid dienone is 2. The first-order chi connectivity index (χ1) is 12.6. The Morgan fingerprint density at radius 2 is 1.92 bits per heavy atom. The molecule has 0 aromatic heterocycles. The Balaban J connectivity index is 2.20. The third-order valence-electron chi connectivity index (χ3n) is 4.71. The fraction of sp³-hybridized carbons (Fsp3) is 0.762. The minimum Gasteiger partial charge on any atom is -0.469 e. The van der Waals surface area contributed by atoms with E-state index < -0.39 is 12.2 Å². The summed E-state index contributed by atoms with van der Waals surface area (Å²) in [5.74, 6) is -0.197. The van der Waals surface area contributed by atoms with Crippen LogP contribution in [0.4, 0.5) is 0 Å². The van der Waals surface area contributed by atoms with E-state index >= 15 is 0 Å². The van der Waals surface area contributed by atoms with Gasteiger partial charge in [0.15, 0.2) is 0 Å². The van der Waals surface area contributed by atoms with Crippen molar-refractivity contribution in [3.8, 4) is 0 Å². The zero-order chi connectivity index (χ0) is 19.2. The number of esters is 1. The van der Waals surface area contributed by atoms with Gasteiger partial charge in [0, 0.05) is 12.8 Å². The molecule has 4 atom stereocenters. The van der Waals surface area contributed by atoms with Crippen LogP contribution in [0.3, 0.4) is 0 Å². The highest BCUT2D eigenvalue weighted by atomic mass is 16.5. The van der Waals surface area contributed by atoms with Gasteiger partial charge in [-0.2, -0.15) is 0 Å². The van der Waals surface area contributed by atoms with Gasteiger partial charge in [-0.05, 0) is 38.5 Å². The Morgan fingerprint density at radius 1 is 1.19 bits per heavy atom. The van der Waals surface area contributed by atoms with Gasteiger partial charge in [0.25, 0.3) is 0 Å². The maximum Gasteiger partial charge on any atom is 0.305 e. The van der Waals surface area contributed by atoms with E-state index in [4.69, 9.17) is 4.74 Å². The van der Waals surface area contributed by atoms with E-state index in [1.165, 1.54) is 26.4 Å². The average molecular weight is 369 g/mol. The maximum absolute atomic E-state index is 11.0. The van der Waals surface area contributed by atoms with E-state index in [9.17, 15) is 15.0 Å². The van der Waals surface area contributed by atoms with Gasteiger partial charge >= 0.3 is 5.97 Å². The zero-order valence-corrected chi connectivity index (χ0v) is 16.3. The van der Waals surface area contributed by atoms with Crippen molar-refractivity contribution in [1.82, 2.24) is 0 Å². The largest absolute Gasteiger partial charge is 0.469 e. The van der Waals surface area contributed by atoms with E-state index in [0.717, 1.165) is 19.3 Å². The minimum absolute atomic E-state index is 0.197. The first-order valence-corrected chi connectivity index (χ1v) is 9.96. The molecule has 0 bridgehead atoms. The number of unbranched alkanes of at least 4 members (excludes halogenated alkanes) is 4. The van der Waals surface area contributed by atoms with Crippen LogP contribution in [0.2, 0.25) is 0 Å². The third-order valence-corrected chi connectivity index (χ3v) is 4.71. The molecule has 0 amide bonds. The Bertz CT molecular complexity index is 432. The number of hydrogen-bond donors (Lipinski definition) is 2. The van der Waals surface area contributed by atoms with Crippen LogP contribution in [0.5, 0.6) is 0 Å². The number of ether oxygens (including phenoxy) is 2. The molecule has 5 heteroatoms. The molecule has 1 saturated heterocycles. The highest BCUT2D eigenvalue weighted by Crippen LogP contribution is 2.26. The van der Waals surface area contributed by atoms with Crippen molar-refractivity contribution >= 4 is 5.97 Å². The van der Waals surface area contributed by atoms with E-state index in [1.807, 2.05) is 12.2 Å². The standard InChI is InChI=1S/C21H36O5/c1-3-4-5-6-7-11-14-19-18(23)16-20(26-19)17(22)13-10-8-9-12-15-21(24)25-2/h7-8,10-11,17-20,22-23H,3-6,9,12-16H2,1-2H3/t17?,18?,19-,20-/m1/s1. The van der Waals surface area contributed by atoms with Gasteiger partial charge in [-0.3, -0.25) is 4.79 Å². The second kappa shape index (κ2) is 14.0. The molecule has 1 aliphatic rings. The summed E-state index contributed by atoms with van der Waals surface area (Å²) in [4.78, 5) is 11.0. The molecule has 1 aliphatic heterocycles. The van der Waals surface area contributed by atoms with Crippen LogP contribution in [-0.2, 0) is 14.3 Å². The molecule has 0 spiro atoms. The molecule has 1 fully saturated rings. The van der Waals surface area contributed by atoms with Gasteiger partial charge in [0.2, 0.25) is 0 Å². The molecule has 2 unspecified atom stereocenters. The first kappa shape index (κ1) is 22.9. The molecule has 150 valence electrons. The van der Waals surface area contributed by atoms with Crippen molar-refractivity contribution in [1.29, 1.82) is 0 Å². The Hall–Kier alpha value is -1.17. The normalized spacial score (nSPS) is 24.5. The Morgan fingerprint density at radius 3 is 2.65 bits per heavy atom. The lowest BCUT2D eigenvalue weighted by atomic mass is 10.0. The summed E-state index contributed by atoms with van der Waals surface area (Å²) in [5, 5.41) is 20.4. The van der Waals surface area contributed by atoms with Gasteiger partial charge in [-0.15, -0.1) is 0 Å². The Kier molecular flexibility index (Phi) is 12.3. The number of carbonyl (C=O) groups is 1. The van der Waals surface area contributed by atoms with Gasteiger partial charge in [0.1, 0.15) is 0 Å². The lowest BCUT2D eigenvalue weighted by Gasteiger charge is -2.17. The molecule has 0 radical (unpaired) electrons. The molecule has 1 heterocycles. The highest BCUT2D eigenvalue weighted by Gasteiger charge is 2.36. The van der Waals surface area contributed by atoms with Crippen molar-refractivity contribution < 1.29 is 24.5 Å². The number of methoxy groups -OCH3 is 1. The van der Waals surface area contributed by atoms with E-state index in [2.05, 4.69) is 23.8 Å². The predicted molar refractivity (Wildman–Crippen MR) is 103 cm³/mol. The molecule has 5 nitrogen and oxygen atoms in total. The number of hydrogen-bond acceptors (Lipinski definition) is 5. The van der Waals surface area contributed by atoms with Crippen molar-refractivity contribution in [2.45, 2.75) is 95.5 Å². The van der Waals surface area contributed by atoms with Crippen molar-refractivity contribution in [3.05, 3.63) is 24.3 Å². The number of rotatable bonds is 13. The quantitative estimate of drug-likeness (QED) is 0.295. The van der Waals surface area contributed by atoms with E-state index in [-0.39, 0.29) is 18.2 Å². The van der Waals surface area contributed by atoms with Gasteiger partial charge in [0.05, 0.1) is 31.5 Å². The lowest BCUT2D eigenvalue weighted by Crippen LogP contribution is -2.25. The van der Waals surface area contributed by atoms with Crippen LogP contribution in [0.15, 0.2) is 24.3 Å². The molecule has 0 aliphatic carbocycles. The van der Waals surface area contributed by atoms with E-state index in [0.29, 0.717) is 25.7 Å². The maximum atomic E-state index is 11.0. The van der Waals surface area contributed by atoms with Gasteiger partial charge < -0.3 is 19.7 Å². The SMILES string of the molecule is CCCCCC=CC[C@H]1O[C@@H](C(O)CC=CCCCC(=O)OC)CC1O. The van der Waals surface area contributed by atoms with Crippen LogP contribution < -0.4 is 0 Å². The van der Waals surface area contributed by atoms with E-state index in [1.54, 1.807) is 0 Å². The summed E-state index contributed by atoms with van der Waals surface area (Å²) < 4.78 is 10.4. The van der Waals surface area contributed by atoms with Crippen LogP contribution in [0.1, 0.15) is 71.1 Å². The fourth-order valence-corrected chi connectivity index (χ4v) is 3.05. The summed E-state index contributed by atoms with van der Waals surface area (Å²) in [7, 11) is 1.39. The van der Waals surface area contributed by atoms with Crippen molar-refractivity contribution in [2.75, 3.05) is 7.11 Å². The number of aliphatic hydroxyl groups excluding tert-OH is 2. The summed E-state index contributed by atoms with van der Waals surface area (Å²) in [6.07, 6.45) is 14.8. The molecular formula is C21H36O5. The Labute approximate surface area is 158 Å². The molecule has 1 rings (SSSR count). The second-order valence-corrected chi connectivity index (χ2v) is 6.96. The minimum atomic E-state index is -0.611. The number of aliphatic hydroxyl groups is 2. The molecule has 2 N–H and O–H groups in total. The molecule has 0 saturated carbocycles. The lowest BCUT2D eigenvalue weighted by molar-refractivity contribution is -0.140. The van der Waals surface area contributed by atoms with Gasteiger partial charge in [-0.1, -0.05) is 44.1 Å². The monoisotopic (exact) mass is 368 g/mol. The summed E-state index contributed by atoms with van der Waals surface area (Å²) in [6, 6.07) is 0. The molecule has 26 heavy (non-hydrogen) atoms. The topological polar surface area (TPSA) is 76.0 Å². The summed E-state index contributed by atoms with van der Waals surface area (Å²) in [6.45, 7) is 2.19. The second-order valence-electron chi connectivity index (χ2n) is 6.96. The fourth-order valence-electron chi connectivity index (χ4n) is 3.05. The molecule has 0 aromatic carbocycles. The molecular weight excluding hydrogens is 332 g/mol. The average Bonchev–Trinajstić information content (AvgIpc) is 3.01. The van der Waals surface area contributed by atoms with Crippen LogP contribution in [0, 0.1) is 0 Å². The van der Waals surface area contributed by atoms with Crippen LogP contribution in [-0.4, -0.2) is 47.7 Å². The van der Waals surface area contributed by atoms with Crippen molar-refractivity contribution in [3.63, 3.8) is 0 Å². The smallest absolute Gasteiger partial charge is 0.305 e. The van der Waals surface area contributed by atoms with Crippen molar-refractivity contribution in [2.24, 2.45) is 0 Å². The van der Waals surface area contributed by atoms with Gasteiger partial charge in [-0.25, -0.2) is 0 Å². The summed E-state index contributed by atoms with van der Waals surface area (Å²) >= 11 is 0. The number of carbonyl (C=O) groups excluding carboxylic acids is 1. The highest BCUT2D eigenvalue weighted by molar-refractivity contribution is 5.69. The summed E-state index contributed by atoms with van der Waals surface area (Å²) in [5.41, 5.74) is 0. The first-order valence-electron chi connectivity index (χ1n) is 9.96.